The van der Waals surface area contributed by atoms with Crippen LogP contribution in [0.15, 0.2) is 35.3 Å². The smallest absolute Gasteiger partial charge is 0.407 e. The topological polar surface area (TPSA) is 84.0 Å². The molecular formula is C20H34N4O3. The number of carbonyl (C=O) groups excluding carboxylic acids is 1. The highest BCUT2D eigenvalue weighted by atomic mass is 16.6. The van der Waals surface area contributed by atoms with Crippen molar-refractivity contribution in [1.29, 1.82) is 0 Å². The molecular weight excluding hydrogens is 344 g/mol. The van der Waals surface area contributed by atoms with E-state index < -0.39 is 11.7 Å². The Bertz CT molecular complexity index is 570. The summed E-state index contributed by atoms with van der Waals surface area (Å²) < 4.78 is 10.3. The van der Waals surface area contributed by atoms with Gasteiger partial charge in [-0.1, -0.05) is 30.3 Å². The summed E-state index contributed by atoms with van der Waals surface area (Å²) in [6.45, 7) is 9.90. The Labute approximate surface area is 162 Å². The number of hydrogen-bond acceptors (Lipinski definition) is 4. The summed E-state index contributed by atoms with van der Waals surface area (Å²) in [7, 11) is 1.68. The molecule has 0 bridgehead atoms. The van der Waals surface area contributed by atoms with Crippen molar-refractivity contribution < 1.29 is 14.3 Å². The van der Waals surface area contributed by atoms with E-state index in [0.29, 0.717) is 32.2 Å². The molecule has 0 aliphatic carbocycles. The number of nitrogens with zero attached hydrogens (tertiary/aromatic N) is 1. The SMILES string of the molecule is COCCCN=C(NCCNC(=O)OC(C)(C)C)N[C@@H](C)c1ccccc1. The zero-order valence-corrected chi connectivity index (χ0v) is 17.2. The van der Waals surface area contributed by atoms with Gasteiger partial charge in [-0.05, 0) is 39.7 Å². The Balaban J connectivity index is 2.50. The lowest BCUT2D eigenvalue weighted by molar-refractivity contribution is 0.0529. The molecule has 1 aromatic rings. The first-order valence-corrected chi connectivity index (χ1v) is 9.37. The number of nitrogens with one attached hydrogen (secondary N) is 3. The van der Waals surface area contributed by atoms with E-state index in [-0.39, 0.29) is 6.04 Å². The largest absolute Gasteiger partial charge is 0.444 e. The zero-order chi connectivity index (χ0) is 20.1. The van der Waals surface area contributed by atoms with Gasteiger partial charge in [0.1, 0.15) is 5.60 Å². The third-order valence-electron chi connectivity index (χ3n) is 3.51. The fourth-order valence-electron chi connectivity index (χ4n) is 2.24. The van der Waals surface area contributed by atoms with Crippen molar-refractivity contribution in [2.45, 2.75) is 45.8 Å². The average Bonchev–Trinajstić information content (AvgIpc) is 2.61. The molecule has 7 nitrogen and oxygen atoms in total. The van der Waals surface area contributed by atoms with E-state index in [1.807, 2.05) is 39.0 Å². The van der Waals surface area contributed by atoms with Crippen LogP contribution >= 0.6 is 0 Å². The van der Waals surface area contributed by atoms with E-state index in [0.717, 1.165) is 6.42 Å². The van der Waals surface area contributed by atoms with Gasteiger partial charge in [0.25, 0.3) is 0 Å². The average molecular weight is 379 g/mol. The van der Waals surface area contributed by atoms with Crippen LogP contribution in [0.2, 0.25) is 0 Å². The maximum absolute atomic E-state index is 11.7. The molecule has 0 aliphatic heterocycles. The lowest BCUT2D eigenvalue weighted by Crippen LogP contribution is -2.43. The molecule has 0 saturated heterocycles. The number of carbonyl (C=O) groups is 1. The van der Waals surface area contributed by atoms with Crippen LogP contribution in [-0.2, 0) is 9.47 Å². The van der Waals surface area contributed by atoms with Crippen molar-refractivity contribution in [2.75, 3.05) is 33.4 Å². The molecule has 0 aliphatic rings. The van der Waals surface area contributed by atoms with Gasteiger partial charge in [0.2, 0.25) is 0 Å². The van der Waals surface area contributed by atoms with E-state index in [1.165, 1.54) is 5.56 Å². The minimum Gasteiger partial charge on any atom is -0.444 e. The minimum atomic E-state index is -0.502. The van der Waals surface area contributed by atoms with Gasteiger partial charge in [-0.25, -0.2) is 4.79 Å². The molecule has 0 radical (unpaired) electrons. The highest BCUT2D eigenvalue weighted by Gasteiger charge is 2.15. The molecule has 0 unspecified atom stereocenters. The third kappa shape index (κ3) is 11.1. The van der Waals surface area contributed by atoms with E-state index in [2.05, 4.69) is 40.0 Å². The lowest BCUT2D eigenvalue weighted by atomic mass is 10.1. The molecule has 0 fully saturated rings. The summed E-state index contributed by atoms with van der Waals surface area (Å²) in [6.07, 6.45) is 0.424. The van der Waals surface area contributed by atoms with Crippen molar-refractivity contribution in [3.05, 3.63) is 35.9 Å². The molecule has 0 saturated carbocycles. The molecule has 7 heteroatoms. The van der Waals surface area contributed by atoms with Crippen LogP contribution < -0.4 is 16.0 Å². The van der Waals surface area contributed by atoms with Crippen molar-refractivity contribution in [3.8, 4) is 0 Å². The van der Waals surface area contributed by atoms with E-state index in [9.17, 15) is 4.79 Å². The molecule has 1 rings (SSSR count). The van der Waals surface area contributed by atoms with Crippen LogP contribution in [0.5, 0.6) is 0 Å². The van der Waals surface area contributed by atoms with Crippen molar-refractivity contribution in [2.24, 2.45) is 4.99 Å². The number of hydrogen-bond donors (Lipinski definition) is 3. The summed E-state index contributed by atoms with van der Waals surface area (Å²) in [5, 5.41) is 9.36. The van der Waals surface area contributed by atoms with Gasteiger partial charge >= 0.3 is 6.09 Å². The monoisotopic (exact) mass is 378 g/mol. The maximum Gasteiger partial charge on any atom is 0.407 e. The molecule has 27 heavy (non-hydrogen) atoms. The van der Waals surface area contributed by atoms with Crippen molar-refractivity contribution in [3.63, 3.8) is 0 Å². The first-order chi connectivity index (χ1) is 12.8. The predicted molar refractivity (Wildman–Crippen MR) is 109 cm³/mol. The minimum absolute atomic E-state index is 0.110. The number of amides is 1. The number of ether oxygens (including phenoxy) is 2. The quantitative estimate of drug-likeness (QED) is 0.350. The first-order valence-electron chi connectivity index (χ1n) is 9.37. The summed E-state index contributed by atoms with van der Waals surface area (Å²) >= 11 is 0. The molecule has 1 atom stereocenters. The first kappa shape index (κ1) is 22.8. The Hall–Kier alpha value is -2.28. The van der Waals surface area contributed by atoms with Gasteiger partial charge < -0.3 is 25.4 Å². The van der Waals surface area contributed by atoms with Gasteiger partial charge in [0.05, 0.1) is 6.04 Å². The number of benzene rings is 1. The Morgan fingerprint density at radius 3 is 2.44 bits per heavy atom. The van der Waals surface area contributed by atoms with Gasteiger partial charge in [-0.15, -0.1) is 0 Å². The number of alkyl carbamates (subject to hydrolysis) is 1. The zero-order valence-electron chi connectivity index (χ0n) is 17.2. The van der Waals surface area contributed by atoms with Gasteiger partial charge in [-0.2, -0.15) is 0 Å². The summed E-state index contributed by atoms with van der Waals surface area (Å²) in [6, 6.07) is 10.3. The summed E-state index contributed by atoms with van der Waals surface area (Å²) in [5.74, 6) is 0.702. The molecule has 0 heterocycles. The molecule has 3 N–H and O–H groups in total. The normalized spacial score (nSPS) is 13.0. The van der Waals surface area contributed by atoms with Crippen LogP contribution in [0.25, 0.3) is 0 Å². The lowest BCUT2D eigenvalue weighted by Gasteiger charge is -2.21. The second-order valence-electron chi connectivity index (χ2n) is 7.21. The molecule has 1 amide bonds. The van der Waals surface area contributed by atoms with Gasteiger partial charge in [0.15, 0.2) is 5.96 Å². The van der Waals surface area contributed by atoms with Crippen molar-refractivity contribution in [1.82, 2.24) is 16.0 Å². The Morgan fingerprint density at radius 2 is 1.81 bits per heavy atom. The van der Waals surface area contributed by atoms with Crippen LogP contribution in [0.4, 0.5) is 4.79 Å². The molecule has 1 aromatic carbocycles. The predicted octanol–water partition coefficient (Wildman–Crippen LogP) is 2.84. The number of aliphatic imine (C=N–C) groups is 1. The van der Waals surface area contributed by atoms with Gasteiger partial charge in [-0.3, -0.25) is 4.99 Å². The fourth-order valence-corrected chi connectivity index (χ4v) is 2.24. The summed E-state index contributed by atoms with van der Waals surface area (Å²) in [5.41, 5.74) is 0.675. The van der Waals surface area contributed by atoms with Crippen molar-refractivity contribution >= 4 is 12.1 Å². The highest BCUT2D eigenvalue weighted by Crippen LogP contribution is 2.10. The van der Waals surface area contributed by atoms with E-state index >= 15 is 0 Å². The molecule has 0 aromatic heterocycles. The second-order valence-corrected chi connectivity index (χ2v) is 7.21. The highest BCUT2D eigenvalue weighted by molar-refractivity contribution is 5.80. The number of rotatable bonds is 9. The standard InChI is InChI=1S/C20H34N4O3/c1-16(17-10-7-6-8-11-17)24-18(21-12-9-15-26-5)22-13-14-23-19(25)27-20(2,3)4/h6-8,10-11,16H,9,12-15H2,1-5H3,(H,23,25)(H2,21,22,24)/t16-/m0/s1. The molecule has 0 spiro atoms. The van der Waals surface area contributed by atoms with Crippen LogP contribution in [0, 0.1) is 0 Å². The third-order valence-corrected chi connectivity index (χ3v) is 3.51. The van der Waals surface area contributed by atoms with E-state index in [4.69, 9.17) is 9.47 Å². The Kier molecular flexibility index (Phi) is 10.3. The molecule has 152 valence electrons. The number of methoxy groups -OCH3 is 1. The van der Waals surface area contributed by atoms with Crippen LogP contribution in [0.3, 0.4) is 0 Å². The maximum atomic E-state index is 11.7. The fraction of sp³-hybridized carbons (Fsp3) is 0.600. The van der Waals surface area contributed by atoms with Crippen LogP contribution in [0.1, 0.15) is 45.7 Å². The van der Waals surface area contributed by atoms with E-state index in [1.54, 1.807) is 7.11 Å². The summed E-state index contributed by atoms with van der Waals surface area (Å²) in [4.78, 5) is 16.3. The van der Waals surface area contributed by atoms with Crippen LogP contribution in [-0.4, -0.2) is 51.0 Å². The Morgan fingerprint density at radius 1 is 1.15 bits per heavy atom. The van der Waals surface area contributed by atoms with Gasteiger partial charge in [0, 0.05) is 33.4 Å². The number of guanidine groups is 1. The second kappa shape index (κ2) is 12.2.